The maximum atomic E-state index is 13.0. The summed E-state index contributed by atoms with van der Waals surface area (Å²) in [6.45, 7) is 4.02. The molecule has 1 nitrogen and oxygen atoms in total. The second kappa shape index (κ2) is 4.11. The van der Waals surface area contributed by atoms with Crippen LogP contribution in [0.1, 0.15) is 25.3 Å². The minimum absolute atomic E-state index is 0.216. The topological polar surface area (TPSA) is 12.0 Å². The molecule has 1 aromatic carbocycles. The Bertz CT molecular complexity index is 361. The smallest absolute Gasteiger partial charge is 0.141 e. The lowest BCUT2D eigenvalue weighted by Crippen LogP contribution is -2.26. The van der Waals surface area contributed by atoms with E-state index in [1.54, 1.807) is 6.07 Å². The quantitative estimate of drug-likeness (QED) is 0.834. The summed E-state index contributed by atoms with van der Waals surface area (Å²) in [4.78, 5) is 0. The van der Waals surface area contributed by atoms with Gasteiger partial charge in [0.05, 0.1) is 5.02 Å². The maximum Gasteiger partial charge on any atom is 0.141 e. The zero-order chi connectivity index (χ0) is 10.9. The van der Waals surface area contributed by atoms with Gasteiger partial charge in [0.15, 0.2) is 0 Å². The van der Waals surface area contributed by atoms with E-state index in [1.165, 1.54) is 18.9 Å². The zero-order valence-corrected chi connectivity index (χ0v) is 9.57. The van der Waals surface area contributed by atoms with Crippen LogP contribution in [0.4, 0.5) is 4.39 Å². The molecule has 0 aromatic heterocycles. The average Bonchev–Trinajstić information content (AvgIpc) is 3.00. The fourth-order valence-electron chi connectivity index (χ4n) is 1.91. The Morgan fingerprint density at radius 1 is 1.47 bits per heavy atom. The molecule has 0 amide bonds. The average molecular weight is 228 g/mol. The monoisotopic (exact) mass is 227 g/mol. The van der Waals surface area contributed by atoms with Crippen LogP contribution >= 0.6 is 11.6 Å². The Balaban J connectivity index is 2.18. The number of halogens is 2. The molecular weight excluding hydrogens is 213 g/mol. The van der Waals surface area contributed by atoms with E-state index in [1.807, 2.05) is 6.07 Å². The molecule has 3 heteroatoms. The molecule has 1 fully saturated rings. The lowest BCUT2D eigenvalue weighted by atomic mass is 9.96. The fraction of sp³-hybridized carbons (Fsp3) is 0.500. The van der Waals surface area contributed by atoms with Gasteiger partial charge in [0.1, 0.15) is 5.82 Å². The van der Waals surface area contributed by atoms with Crippen LogP contribution in [0.5, 0.6) is 0 Å². The van der Waals surface area contributed by atoms with E-state index in [2.05, 4.69) is 12.2 Å². The first-order chi connectivity index (χ1) is 7.18. The van der Waals surface area contributed by atoms with Crippen molar-refractivity contribution in [2.45, 2.75) is 25.2 Å². The van der Waals surface area contributed by atoms with Crippen molar-refractivity contribution in [2.24, 2.45) is 0 Å². The third kappa shape index (κ3) is 2.16. The summed E-state index contributed by atoms with van der Waals surface area (Å²) in [5, 5.41) is 3.58. The van der Waals surface area contributed by atoms with E-state index in [0.29, 0.717) is 0 Å². The molecule has 1 aliphatic rings. The maximum absolute atomic E-state index is 13.0. The molecule has 0 unspecified atom stereocenters. The zero-order valence-electron chi connectivity index (χ0n) is 8.82. The van der Waals surface area contributed by atoms with Gasteiger partial charge in [-0.05, 0) is 37.1 Å². The van der Waals surface area contributed by atoms with E-state index < -0.39 is 0 Å². The van der Waals surface area contributed by atoms with Crippen LogP contribution in [0.3, 0.4) is 0 Å². The SMILES string of the molecule is CCNCC1(c2ccc(F)c(Cl)c2)CC1. The predicted octanol–water partition coefficient (Wildman–Crippen LogP) is 3.12. The Hall–Kier alpha value is -0.600. The number of hydrogen-bond donors (Lipinski definition) is 1. The standard InChI is InChI=1S/C12H15ClFN/c1-2-15-8-12(5-6-12)9-3-4-11(14)10(13)7-9/h3-4,7,15H,2,5-6,8H2,1H3. The van der Waals surface area contributed by atoms with Gasteiger partial charge >= 0.3 is 0 Å². The molecule has 1 N–H and O–H groups in total. The van der Waals surface area contributed by atoms with Crippen LogP contribution in [0.15, 0.2) is 18.2 Å². The van der Waals surface area contributed by atoms with Gasteiger partial charge in [0, 0.05) is 12.0 Å². The summed E-state index contributed by atoms with van der Waals surface area (Å²) in [6, 6.07) is 5.08. The molecule has 0 spiro atoms. The third-order valence-electron chi connectivity index (χ3n) is 3.10. The molecule has 0 saturated heterocycles. The largest absolute Gasteiger partial charge is 0.316 e. The van der Waals surface area contributed by atoms with E-state index >= 15 is 0 Å². The van der Waals surface area contributed by atoms with Crippen LogP contribution in [0.25, 0.3) is 0 Å². The summed E-state index contributed by atoms with van der Waals surface area (Å²) in [5.41, 5.74) is 1.38. The summed E-state index contributed by atoms with van der Waals surface area (Å²) >= 11 is 5.79. The van der Waals surface area contributed by atoms with Gasteiger partial charge in [-0.15, -0.1) is 0 Å². The van der Waals surface area contributed by atoms with Crippen LogP contribution in [0, 0.1) is 5.82 Å². The minimum Gasteiger partial charge on any atom is -0.316 e. The molecule has 0 atom stereocenters. The van der Waals surface area contributed by atoms with E-state index in [9.17, 15) is 4.39 Å². The summed E-state index contributed by atoms with van der Waals surface area (Å²) in [5.74, 6) is -0.334. The number of likely N-dealkylation sites (N-methyl/N-ethyl adjacent to an activating group) is 1. The van der Waals surface area contributed by atoms with Crippen LogP contribution in [-0.2, 0) is 5.41 Å². The summed E-state index contributed by atoms with van der Waals surface area (Å²) in [6.07, 6.45) is 2.34. The Morgan fingerprint density at radius 3 is 2.73 bits per heavy atom. The highest BCUT2D eigenvalue weighted by molar-refractivity contribution is 6.30. The van der Waals surface area contributed by atoms with Crippen molar-refractivity contribution in [1.29, 1.82) is 0 Å². The van der Waals surface area contributed by atoms with Crippen LogP contribution in [-0.4, -0.2) is 13.1 Å². The van der Waals surface area contributed by atoms with E-state index in [0.717, 1.165) is 18.7 Å². The molecule has 0 aliphatic heterocycles. The van der Waals surface area contributed by atoms with Crippen molar-refractivity contribution in [1.82, 2.24) is 5.32 Å². The second-order valence-electron chi connectivity index (χ2n) is 4.19. The molecule has 1 aromatic rings. The molecule has 1 saturated carbocycles. The van der Waals surface area contributed by atoms with Crippen molar-refractivity contribution >= 4 is 11.6 Å². The molecule has 0 bridgehead atoms. The summed E-state index contributed by atoms with van der Waals surface area (Å²) in [7, 11) is 0. The Labute approximate surface area is 94.6 Å². The minimum atomic E-state index is -0.334. The third-order valence-corrected chi connectivity index (χ3v) is 3.39. The van der Waals surface area contributed by atoms with E-state index in [4.69, 9.17) is 11.6 Å². The predicted molar refractivity (Wildman–Crippen MR) is 60.9 cm³/mol. The molecular formula is C12H15ClFN. The van der Waals surface area contributed by atoms with E-state index in [-0.39, 0.29) is 16.3 Å². The molecule has 0 radical (unpaired) electrons. The lowest BCUT2D eigenvalue weighted by Gasteiger charge is -2.16. The first-order valence-electron chi connectivity index (χ1n) is 5.34. The highest BCUT2D eigenvalue weighted by atomic mass is 35.5. The van der Waals surface area contributed by atoms with Crippen molar-refractivity contribution in [3.05, 3.63) is 34.6 Å². The van der Waals surface area contributed by atoms with Crippen LogP contribution < -0.4 is 5.32 Å². The van der Waals surface area contributed by atoms with Gasteiger partial charge in [-0.2, -0.15) is 0 Å². The van der Waals surface area contributed by atoms with Gasteiger partial charge in [-0.3, -0.25) is 0 Å². The number of benzene rings is 1. The van der Waals surface area contributed by atoms with Crippen molar-refractivity contribution in [3.63, 3.8) is 0 Å². The number of rotatable bonds is 4. The van der Waals surface area contributed by atoms with Gasteiger partial charge in [-0.1, -0.05) is 24.6 Å². The Morgan fingerprint density at radius 2 is 2.20 bits per heavy atom. The van der Waals surface area contributed by atoms with Gasteiger partial charge in [0.2, 0.25) is 0 Å². The molecule has 2 rings (SSSR count). The lowest BCUT2D eigenvalue weighted by molar-refractivity contribution is 0.586. The number of nitrogens with one attached hydrogen (secondary N) is 1. The highest BCUT2D eigenvalue weighted by Gasteiger charge is 2.43. The summed E-state index contributed by atoms with van der Waals surface area (Å²) < 4.78 is 13.0. The van der Waals surface area contributed by atoms with Gasteiger partial charge in [0.25, 0.3) is 0 Å². The number of hydrogen-bond acceptors (Lipinski definition) is 1. The first-order valence-corrected chi connectivity index (χ1v) is 5.72. The van der Waals surface area contributed by atoms with Gasteiger partial charge < -0.3 is 5.32 Å². The fourth-order valence-corrected chi connectivity index (χ4v) is 2.09. The molecule has 1 aliphatic carbocycles. The van der Waals surface area contributed by atoms with Crippen LogP contribution in [0.2, 0.25) is 5.02 Å². The van der Waals surface area contributed by atoms with Gasteiger partial charge in [-0.25, -0.2) is 4.39 Å². The molecule has 0 heterocycles. The van der Waals surface area contributed by atoms with Crippen molar-refractivity contribution < 1.29 is 4.39 Å². The highest BCUT2D eigenvalue weighted by Crippen LogP contribution is 2.48. The van der Waals surface area contributed by atoms with Crippen molar-refractivity contribution in [3.8, 4) is 0 Å². The van der Waals surface area contributed by atoms with Crippen molar-refractivity contribution in [2.75, 3.05) is 13.1 Å². The normalized spacial score (nSPS) is 17.8. The first kappa shape index (κ1) is 10.9. The molecule has 15 heavy (non-hydrogen) atoms. The second-order valence-corrected chi connectivity index (χ2v) is 4.60. The Kier molecular flexibility index (Phi) is 2.98. The molecule has 82 valence electrons.